The number of hydrogen-bond donors (Lipinski definition) is 0. The normalized spacial score (nSPS) is 18.9. The lowest BCUT2D eigenvalue weighted by atomic mass is 10.2. The zero-order valence-corrected chi connectivity index (χ0v) is 14.9. The molecule has 1 aromatic carbocycles. The van der Waals surface area contributed by atoms with Gasteiger partial charge in [0.15, 0.2) is 5.82 Å². The summed E-state index contributed by atoms with van der Waals surface area (Å²) < 4.78 is 36.9. The van der Waals surface area contributed by atoms with E-state index in [1.165, 1.54) is 4.31 Å². The Bertz CT molecular complexity index is 854. The highest BCUT2D eigenvalue weighted by atomic mass is 32.2. The van der Waals surface area contributed by atoms with E-state index in [0.29, 0.717) is 37.1 Å². The third kappa shape index (κ3) is 3.41. The standard InChI is InChI=1S/C17H21N3O4S/c1-2-9-25(21,22)20-10-13(11-20)23-15-6-4-3-5-14(15)17-18-16(19-24-17)12-7-8-12/h3-6,12-13H,2,7-11H2,1H3. The largest absolute Gasteiger partial charge is 0.487 e. The molecular formula is C17H21N3O4S. The minimum Gasteiger partial charge on any atom is -0.487 e. The van der Waals surface area contributed by atoms with E-state index < -0.39 is 10.0 Å². The maximum absolute atomic E-state index is 12.0. The van der Waals surface area contributed by atoms with Crippen LogP contribution >= 0.6 is 0 Å². The molecule has 25 heavy (non-hydrogen) atoms. The van der Waals surface area contributed by atoms with E-state index in [9.17, 15) is 8.42 Å². The molecule has 2 heterocycles. The van der Waals surface area contributed by atoms with Crippen molar-refractivity contribution in [2.45, 2.75) is 38.2 Å². The van der Waals surface area contributed by atoms with Crippen LogP contribution in [0.25, 0.3) is 11.5 Å². The molecule has 0 radical (unpaired) electrons. The van der Waals surface area contributed by atoms with Crippen LogP contribution in [-0.2, 0) is 10.0 Å². The van der Waals surface area contributed by atoms with Crippen molar-refractivity contribution >= 4 is 10.0 Å². The number of ether oxygens (including phenoxy) is 1. The lowest BCUT2D eigenvalue weighted by Crippen LogP contribution is -2.56. The number of rotatable bonds is 7. The minimum atomic E-state index is -3.15. The van der Waals surface area contributed by atoms with Gasteiger partial charge in [-0.2, -0.15) is 9.29 Å². The number of para-hydroxylation sites is 1. The second kappa shape index (κ2) is 6.42. The SMILES string of the molecule is CCCS(=O)(=O)N1CC(Oc2ccccc2-c2nc(C3CC3)no2)C1. The van der Waals surface area contributed by atoms with Crippen LogP contribution in [-0.4, -0.2) is 47.8 Å². The zero-order chi connectivity index (χ0) is 17.4. The molecule has 1 aliphatic carbocycles. The summed E-state index contributed by atoms with van der Waals surface area (Å²) in [5.74, 6) is 2.46. The van der Waals surface area contributed by atoms with Crippen molar-refractivity contribution in [3.05, 3.63) is 30.1 Å². The second-order valence-electron chi connectivity index (χ2n) is 6.60. The average Bonchev–Trinajstić information content (AvgIpc) is 3.28. The molecule has 0 bridgehead atoms. The van der Waals surface area contributed by atoms with Crippen molar-refractivity contribution in [1.82, 2.24) is 14.4 Å². The van der Waals surface area contributed by atoms with Crippen LogP contribution < -0.4 is 4.74 Å². The number of nitrogens with zero attached hydrogens (tertiary/aromatic N) is 3. The zero-order valence-electron chi connectivity index (χ0n) is 14.1. The molecule has 2 aliphatic rings. The molecule has 7 nitrogen and oxygen atoms in total. The lowest BCUT2D eigenvalue weighted by Gasteiger charge is -2.38. The van der Waals surface area contributed by atoms with Crippen LogP contribution in [0.4, 0.5) is 0 Å². The van der Waals surface area contributed by atoms with Gasteiger partial charge in [0.25, 0.3) is 5.89 Å². The second-order valence-corrected chi connectivity index (χ2v) is 8.69. The van der Waals surface area contributed by atoms with Crippen LogP contribution in [0.15, 0.2) is 28.8 Å². The third-order valence-electron chi connectivity index (χ3n) is 4.47. The molecule has 8 heteroatoms. The van der Waals surface area contributed by atoms with E-state index in [4.69, 9.17) is 9.26 Å². The first kappa shape index (κ1) is 16.5. The summed E-state index contributed by atoms with van der Waals surface area (Å²) in [5, 5.41) is 4.04. The summed E-state index contributed by atoms with van der Waals surface area (Å²) in [7, 11) is -3.15. The number of aromatic nitrogens is 2. The summed E-state index contributed by atoms with van der Waals surface area (Å²) in [6.45, 7) is 2.63. The lowest BCUT2D eigenvalue weighted by molar-refractivity contribution is 0.0766. The van der Waals surface area contributed by atoms with Gasteiger partial charge >= 0.3 is 0 Å². The van der Waals surface area contributed by atoms with E-state index >= 15 is 0 Å². The number of sulfonamides is 1. The Morgan fingerprint density at radius 3 is 2.76 bits per heavy atom. The van der Waals surface area contributed by atoms with Crippen molar-refractivity contribution in [2.24, 2.45) is 0 Å². The Morgan fingerprint density at radius 2 is 2.04 bits per heavy atom. The molecule has 0 amide bonds. The molecule has 4 rings (SSSR count). The Kier molecular flexibility index (Phi) is 4.24. The summed E-state index contributed by atoms with van der Waals surface area (Å²) in [6, 6.07) is 7.49. The fourth-order valence-electron chi connectivity index (χ4n) is 2.87. The van der Waals surface area contributed by atoms with Gasteiger partial charge < -0.3 is 9.26 Å². The van der Waals surface area contributed by atoms with Crippen molar-refractivity contribution in [2.75, 3.05) is 18.8 Å². The fraction of sp³-hybridized carbons (Fsp3) is 0.529. The summed E-state index contributed by atoms with van der Waals surface area (Å²) in [5.41, 5.74) is 0.747. The van der Waals surface area contributed by atoms with Gasteiger partial charge in [0, 0.05) is 5.92 Å². The van der Waals surface area contributed by atoms with Crippen LogP contribution in [0.5, 0.6) is 5.75 Å². The van der Waals surface area contributed by atoms with E-state index in [2.05, 4.69) is 10.1 Å². The molecule has 2 fully saturated rings. The number of hydrogen-bond acceptors (Lipinski definition) is 6. The maximum Gasteiger partial charge on any atom is 0.261 e. The minimum absolute atomic E-state index is 0.154. The topological polar surface area (TPSA) is 85.5 Å². The van der Waals surface area contributed by atoms with Crippen LogP contribution in [0.2, 0.25) is 0 Å². The van der Waals surface area contributed by atoms with E-state index in [0.717, 1.165) is 24.2 Å². The molecule has 2 aromatic rings. The van der Waals surface area contributed by atoms with Gasteiger partial charge in [-0.25, -0.2) is 8.42 Å². The predicted molar refractivity (Wildman–Crippen MR) is 91.8 cm³/mol. The molecular weight excluding hydrogens is 342 g/mol. The monoisotopic (exact) mass is 363 g/mol. The first-order valence-corrected chi connectivity index (χ1v) is 10.2. The first-order chi connectivity index (χ1) is 12.1. The number of benzene rings is 1. The fourth-order valence-corrected chi connectivity index (χ4v) is 4.43. The molecule has 0 atom stereocenters. The highest BCUT2D eigenvalue weighted by Gasteiger charge is 2.37. The van der Waals surface area contributed by atoms with Crippen LogP contribution in [0.3, 0.4) is 0 Å². The first-order valence-electron chi connectivity index (χ1n) is 8.64. The molecule has 0 spiro atoms. The third-order valence-corrected chi connectivity index (χ3v) is 6.47. The van der Waals surface area contributed by atoms with Crippen molar-refractivity contribution in [3.63, 3.8) is 0 Å². The van der Waals surface area contributed by atoms with Gasteiger partial charge in [0.2, 0.25) is 10.0 Å². The molecule has 1 aliphatic heterocycles. The van der Waals surface area contributed by atoms with Gasteiger partial charge in [-0.05, 0) is 31.4 Å². The maximum atomic E-state index is 12.0. The Labute approximate surface area is 147 Å². The molecule has 134 valence electrons. The highest BCUT2D eigenvalue weighted by Crippen LogP contribution is 2.39. The van der Waals surface area contributed by atoms with Crippen molar-refractivity contribution in [1.29, 1.82) is 0 Å². The van der Waals surface area contributed by atoms with Gasteiger partial charge in [-0.15, -0.1) is 0 Å². The van der Waals surface area contributed by atoms with Crippen LogP contribution in [0.1, 0.15) is 37.9 Å². The van der Waals surface area contributed by atoms with E-state index in [-0.39, 0.29) is 11.9 Å². The molecule has 1 saturated carbocycles. The Balaban J connectivity index is 1.45. The van der Waals surface area contributed by atoms with Gasteiger partial charge in [-0.1, -0.05) is 24.2 Å². The highest BCUT2D eigenvalue weighted by molar-refractivity contribution is 7.89. The smallest absolute Gasteiger partial charge is 0.261 e. The van der Waals surface area contributed by atoms with Gasteiger partial charge in [-0.3, -0.25) is 0 Å². The molecule has 1 saturated heterocycles. The summed E-state index contributed by atoms with van der Waals surface area (Å²) in [6.07, 6.45) is 2.69. The van der Waals surface area contributed by atoms with Gasteiger partial charge in [0.1, 0.15) is 11.9 Å². The van der Waals surface area contributed by atoms with Crippen molar-refractivity contribution < 1.29 is 17.7 Å². The molecule has 0 unspecified atom stereocenters. The molecule has 0 N–H and O–H groups in total. The van der Waals surface area contributed by atoms with E-state index in [1.54, 1.807) is 0 Å². The van der Waals surface area contributed by atoms with E-state index in [1.807, 2.05) is 31.2 Å². The predicted octanol–water partition coefficient (Wildman–Crippen LogP) is 2.42. The Morgan fingerprint density at radius 1 is 1.28 bits per heavy atom. The Hall–Kier alpha value is -1.93. The van der Waals surface area contributed by atoms with Gasteiger partial charge in [0.05, 0.1) is 24.4 Å². The average molecular weight is 363 g/mol. The quantitative estimate of drug-likeness (QED) is 0.751. The van der Waals surface area contributed by atoms with Crippen LogP contribution in [0, 0.1) is 0 Å². The summed E-state index contributed by atoms with van der Waals surface area (Å²) in [4.78, 5) is 4.47. The van der Waals surface area contributed by atoms with Crippen molar-refractivity contribution in [3.8, 4) is 17.2 Å². The summed E-state index contributed by atoms with van der Waals surface area (Å²) >= 11 is 0. The molecule has 1 aromatic heterocycles.